The number of fused-ring (bicyclic) bond motifs is 1. The molecule has 9 nitrogen and oxygen atoms in total. The molecule has 156 valence electrons. The first-order valence-electron chi connectivity index (χ1n) is 9.80. The number of nitrogens with zero attached hydrogens (tertiary/aromatic N) is 4. The van der Waals surface area contributed by atoms with Crippen LogP contribution in [0.15, 0.2) is 0 Å². The number of ether oxygens (including phenoxy) is 1. The molecule has 0 aliphatic carbocycles. The highest BCUT2D eigenvalue weighted by molar-refractivity contribution is 6.01. The van der Waals surface area contributed by atoms with Gasteiger partial charge in [-0.05, 0) is 37.8 Å². The second kappa shape index (κ2) is 8.59. The van der Waals surface area contributed by atoms with Crippen LogP contribution < -0.4 is 10.1 Å². The van der Waals surface area contributed by atoms with E-state index in [4.69, 9.17) is 4.74 Å². The molecule has 3 heterocycles. The number of amides is 3. The highest BCUT2D eigenvalue weighted by Crippen LogP contribution is 2.30. The SMILES string of the molecule is COc1nn(C)c2nc(C)c(CCC(=O)NCCCN3C(=O)CCC3=O)c(C)c12. The number of carbonyl (C=O) groups excluding carboxylic acids is 3. The van der Waals surface area contributed by atoms with Crippen molar-refractivity contribution < 1.29 is 19.1 Å². The zero-order chi connectivity index (χ0) is 21.1. The third kappa shape index (κ3) is 4.23. The average Bonchev–Trinajstić information content (AvgIpc) is 3.18. The zero-order valence-corrected chi connectivity index (χ0v) is 17.4. The van der Waals surface area contributed by atoms with Crippen LogP contribution in [0.2, 0.25) is 0 Å². The first-order chi connectivity index (χ1) is 13.8. The summed E-state index contributed by atoms with van der Waals surface area (Å²) in [6.07, 6.45) is 2.04. The summed E-state index contributed by atoms with van der Waals surface area (Å²) in [5, 5.41) is 8.07. The van der Waals surface area contributed by atoms with Crippen LogP contribution in [0.3, 0.4) is 0 Å². The summed E-state index contributed by atoms with van der Waals surface area (Å²) in [4.78, 5) is 41.3. The van der Waals surface area contributed by atoms with Gasteiger partial charge in [0.1, 0.15) is 0 Å². The summed E-state index contributed by atoms with van der Waals surface area (Å²) in [7, 11) is 3.41. The number of nitrogens with one attached hydrogen (secondary N) is 1. The number of hydrogen-bond donors (Lipinski definition) is 1. The van der Waals surface area contributed by atoms with Crippen LogP contribution in [0.1, 0.15) is 42.5 Å². The van der Waals surface area contributed by atoms with E-state index in [0.29, 0.717) is 51.1 Å². The zero-order valence-electron chi connectivity index (χ0n) is 17.4. The fourth-order valence-corrected chi connectivity index (χ4v) is 3.77. The topological polar surface area (TPSA) is 106 Å². The fourth-order valence-electron chi connectivity index (χ4n) is 3.77. The number of methoxy groups -OCH3 is 1. The Morgan fingerprint density at radius 3 is 2.55 bits per heavy atom. The van der Waals surface area contributed by atoms with E-state index >= 15 is 0 Å². The third-order valence-electron chi connectivity index (χ3n) is 5.35. The highest BCUT2D eigenvalue weighted by Gasteiger charge is 2.28. The van der Waals surface area contributed by atoms with Gasteiger partial charge < -0.3 is 10.1 Å². The summed E-state index contributed by atoms with van der Waals surface area (Å²) in [5.41, 5.74) is 3.68. The van der Waals surface area contributed by atoms with Crippen LogP contribution >= 0.6 is 0 Å². The van der Waals surface area contributed by atoms with Crippen molar-refractivity contribution in [3.63, 3.8) is 0 Å². The molecule has 2 aromatic heterocycles. The Morgan fingerprint density at radius 2 is 1.90 bits per heavy atom. The average molecular weight is 401 g/mol. The van der Waals surface area contributed by atoms with E-state index in [0.717, 1.165) is 27.9 Å². The lowest BCUT2D eigenvalue weighted by Crippen LogP contribution is -2.33. The molecule has 0 aromatic carbocycles. The van der Waals surface area contributed by atoms with Gasteiger partial charge in [0.05, 0.1) is 12.5 Å². The summed E-state index contributed by atoms with van der Waals surface area (Å²) < 4.78 is 7.06. The van der Waals surface area contributed by atoms with Crippen molar-refractivity contribution >= 4 is 28.8 Å². The Morgan fingerprint density at radius 1 is 1.21 bits per heavy atom. The minimum atomic E-state index is -0.124. The second-order valence-corrected chi connectivity index (χ2v) is 7.27. The first kappa shape index (κ1) is 20.8. The van der Waals surface area contributed by atoms with Crippen LogP contribution in [0.5, 0.6) is 5.88 Å². The number of aromatic nitrogens is 3. The maximum absolute atomic E-state index is 12.2. The summed E-state index contributed by atoms with van der Waals surface area (Å²) in [6, 6.07) is 0. The molecule has 3 rings (SSSR count). The molecular formula is C20H27N5O4. The van der Waals surface area contributed by atoms with Crippen LogP contribution in [0.25, 0.3) is 11.0 Å². The van der Waals surface area contributed by atoms with Crippen LogP contribution in [-0.2, 0) is 27.9 Å². The quantitative estimate of drug-likeness (QED) is 0.526. The number of aryl methyl sites for hydroxylation is 3. The molecule has 1 N–H and O–H groups in total. The van der Waals surface area contributed by atoms with Crippen LogP contribution in [0, 0.1) is 13.8 Å². The van der Waals surface area contributed by atoms with E-state index in [1.807, 2.05) is 20.9 Å². The van der Waals surface area contributed by atoms with Crippen molar-refractivity contribution in [2.45, 2.75) is 46.0 Å². The molecule has 1 aliphatic rings. The molecule has 0 radical (unpaired) electrons. The molecule has 0 spiro atoms. The van der Waals surface area contributed by atoms with Crippen LogP contribution in [0.4, 0.5) is 0 Å². The minimum Gasteiger partial charge on any atom is -0.479 e. The summed E-state index contributed by atoms with van der Waals surface area (Å²) >= 11 is 0. The number of hydrogen-bond acceptors (Lipinski definition) is 6. The lowest BCUT2D eigenvalue weighted by molar-refractivity contribution is -0.138. The molecular weight excluding hydrogens is 374 g/mol. The van der Waals surface area contributed by atoms with Gasteiger partial charge in [0, 0.05) is 45.1 Å². The van der Waals surface area contributed by atoms with Gasteiger partial charge in [-0.15, -0.1) is 5.10 Å². The Balaban J connectivity index is 1.55. The van der Waals surface area contributed by atoms with Crippen molar-refractivity contribution in [1.82, 2.24) is 25.0 Å². The maximum atomic E-state index is 12.2. The van der Waals surface area contributed by atoms with Crippen LogP contribution in [-0.4, -0.2) is 57.6 Å². The molecule has 3 amide bonds. The minimum absolute atomic E-state index is 0.0684. The Hall–Kier alpha value is -2.97. The third-order valence-corrected chi connectivity index (χ3v) is 5.35. The molecule has 1 aliphatic heterocycles. The number of carbonyl (C=O) groups is 3. The molecule has 1 fully saturated rings. The fraction of sp³-hybridized carbons (Fsp3) is 0.550. The van der Waals surface area contributed by atoms with E-state index in [1.165, 1.54) is 4.90 Å². The van der Waals surface area contributed by atoms with Gasteiger partial charge >= 0.3 is 0 Å². The Labute approximate surface area is 169 Å². The summed E-state index contributed by atoms with van der Waals surface area (Å²) in [6.45, 7) is 4.72. The molecule has 0 saturated carbocycles. The number of rotatable bonds is 8. The predicted octanol–water partition coefficient (Wildman–Crippen LogP) is 1.18. The second-order valence-electron chi connectivity index (χ2n) is 7.27. The Bertz CT molecular complexity index is 950. The lowest BCUT2D eigenvalue weighted by Gasteiger charge is -2.14. The number of pyridine rings is 1. The van der Waals surface area contributed by atoms with Gasteiger partial charge in [-0.25, -0.2) is 9.67 Å². The maximum Gasteiger partial charge on any atom is 0.242 e. The van der Waals surface area contributed by atoms with Crippen molar-refractivity contribution in [3.8, 4) is 5.88 Å². The van der Waals surface area contributed by atoms with Gasteiger partial charge in [-0.1, -0.05) is 0 Å². The molecule has 0 unspecified atom stereocenters. The highest BCUT2D eigenvalue weighted by atomic mass is 16.5. The largest absolute Gasteiger partial charge is 0.479 e. The molecule has 1 saturated heterocycles. The van der Waals surface area contributed by atoms with E-state index in [2.05, 4.69) is 15.4 Å². The van der Waals surface area contributed by atoms with Crippen molar-refractivity contribution in [2.24, 2.45) is 7.05 Å². The van der Waals surface area contributed by atoms with Gasteiger partial charge in [-0.3, -0.25) is 19.3 Å². The van der Waals surface area contributed by atoms with E-state index in [9.17, 15) is 14.4 Å². The molecule has 9 heteroatoms. The Kier molecular flexibility index (Phi) is 6.14. The van der Waals surface area contributed by atoms with E-state index in [-0.39, 0.29) is 17.7 Å². The van der Waals surface area contributed by atoms with E-state index in [1.54, 1.807) is 11.8 Å². The van der Waals surface area contributed by atoms with E-state index < -0.39 is 0 Å². The molecule has 29 heavy (non-hydrogen) atoms. The predicted molar refractivity (Wildman–Crippen MR) is 106 cm³/mol. The molecule has 0 bridgehead atoms. The van der Waals surface area contributed by atoms with Crippen molar-refractivity contribution in [3.05, 3.63) is 16.8 Å². The molecule has 0 atom stereocenters. The standard InChI is InChI=1S/C20H27N5O4/c1-12-14(13(2)22-19-18(12)20(29-4)23-24(19)3)6-7-15(26)21-10-5-11-25-16(27)8-9-17(25)28/h5-11H2,1-4H3,(H,21,26). The lowest BCUT2D eigenvalue weighted by atomic mass is 10.00. The first-order valence-corrected chi connectivity index (χ1v) is 9.80. The smallest absolute Gasteiger partial charge is 0.242 e. The van der Waals surface area contributed by atoms with Crippen molar-refractivity contribution in [2.75, 3.05) is 20.2 Å². The normalized spacial score (nSPS) is 14.1. The molecule has 2 aromatic rings. The van der Waals surface area contributed by atoms with Gasteiger partial charge in [-0.2, -0.15) is 0 Å². The number of likely N-dealkylation sites (tertiary alicyclic amines) is 1. The monoisotopic (exact) mass is 401 g/mol. The van der Waals surface area contributed by atoms with Gasteiger partial charge in [0.15, 0.2) is 5.65 Å². The van der Waals surface area contributed by atoms with Crippen molar-refractivity contribution in [1.29, 1.82) is 0 Å². The van der Waals surface area contributed by atoms with Gasteiger partial charge in [0.2, 0.25) is 23.6 Å². The summed E-state index contributed by atoms with van der Waals surface area (Å²) in [5.74, 6) is 0.215. The van der Waals surface area contributed by atoms with Gasteiger partial charge in [0.25, 0.3) is 0 Å². The number of imide groups is 1.